The number of fused-ring (bicyclic) bond motifs is 1. The van der Waals surface area contributed by atoms with E-state index < -0.39 is 11.6 Å². The standard InChI is InChI=1S/C20H23F2N5O2S/c1-13-10-16(24-25(13)2)19(28)27(5-3-4-26-6-8-29-9-7-26)20-23-18-15(22)11-14(21)12-17(18)30-20/h10-12H,3-9H2,1-2H3. The van der Waals surface area contributed by atoms with E-state index in [2.05, 4.69) is 15.0 Å². The minimum atomic E-state index is -0.734. The largest absolute Gasteiger partial charge is 0.379 e. The van der Waals surface area contributed by atoms with Crippen molar-refractivity contribution >= 4 is 32.6 Å². The van der Waals surface area contributed by atoms with Crippen LogP contribution in [-0.4, -0.2) is 65.0 Å². The molecule has 0 unspecified atom stereocenters. The normalized spacial score (nSPS) is 15.1. The molecule has 7 nitrogen and oxygen atoms in total. The molecule has 0 radical (unpaired) electrons. The molecule has 0 spiro atoms. The fourth-order valence-corrected chi connectivity index (χ4v) is 4.45. The second-order valence-electron chi connectivity index (χ2n) is 7.29. The highest BCUT2D eigenvalue weighted by molar-refractivity contribution is 7.22. The number of halogens is 2. The zero-order valence-corrected chi connectivity index (χ0v) is 17.7. The number of benzene rings is 1. The molecule has 1 saturated heterocycles. The van der Waals surface area contributed by atoms with Crippen LogP contribution >= 0.6 is 11.3 Å². The summed E-state index contributed by atoms with van der Waals surface area (Å²) in [6, 6.07) is 3.75. The molecule has 3 aromatic rings. The number of ether oxygens (including phenoxy) is 1. The van der Waals surface area contributed by atoms with Gasteiger partial charge < -0.3 is 4.74 Å². The highest BCUT2D eigenvalue weighted by atomic mass is 32.1. The molecule has 0 N–H and O–H groups in total. The highest BCUT2D eigenvalue weighted by Crippen LogP contribution is 2.32. The van der Waals surface area contributed by atoms with Gasteiger partial charge in [-0.25, -0.2) is 13.8 Å². The summed E-state index contributed by atoms with van der Waals surface area (Å²) in [4.78, 5) is 21.3. The molecule has 10 heteroatoms. The van der Waals surface area contributed by atoms with Crippen LogP contribution in [0.25, 0.3) is 10.2 Å². The summed E-state index contributed by atoms with van der Waals surface area (Å²) < 4.78 is 35.1. The van der Waals surface area contributed by atoms with Gasteiger partial charge in [0.25, 0.3) is 5.91 Å². The van der Waals surface area contributed by atoms with Gasteiger partial charge in [-0.2, -0.15) is 5.10 Å². The third-order valence-corrected chi connectivity index (χ3v) is 6.20. The Balaban J connectivity index is 1.60. The van der Waals surface area contributed by atoms with Gasteiger partial charge in [-0.05, 0) is 25.5 Å². The Morgan fingerprint density at radius 3 is 2.73 bits per heavy atom. The maximum absolute atomic E-state index is 14.2. The second kappa shape index (κ2) is 8.75. The van der Waals surface area contributed by atoms with Crippen LogP contribution in [0.2, 0.25) is 0 Å². The number of aromatic nitrogens is 3. The Labute approximate surface area is 176 Å². The number of carbonyl (C=O) groups is 1. The third-order valence-electron chi connectivity index (χ3n) is 5.17. The number of hydrogen-bond donors (Lipinski definition) is 0. The van der Waals surface area contributed by atoms with Crippen molar-refractivity contribution in [2.75, 3.05) is 44.3 Å². The smallest absolute Gasteiger partial charge is 0.280 e. The fraction of sp³-hybridized carbons (Fsp3) is 0.450. The van der Waals surface area contributed by atoms with Crippen molar-refractivity contribution in [3.05, 3.63) is 41.2 Å². The van der Waals surface area contributed by atoms with E-state index in [4.69, 9.17) is 4.74 Å². The summed E-state index contributed by atoms with van der Waals surface area (Å²) in [7, 11) is 1.77. The number of anilines is 1. The van der Waals surface area contributed by atoms with Crippen molar-refractivity contribution in [3.63, 3.8) is 0 Å². The number of nitrogens with zero attached hydrogens (tertiary/aromatic N) is 5. The molecule has 0 atom stereocenters. The van der Waals surface area contributed by atoms with Crippen molar-refractivity contribution in [3.8, 4) is 0 Å². The SMILES string of the molecule is Cc1cc(C(=O)N(CCCN2CCOCC2)c2nc3c(F)cc(F)cc3s2)nn1C. The minimum absolute atomic E-state index is 0.0691. The number of thiazole rings is 1. The number of hydrogen-bond acceptors (Lipinski definition) is 6. The summed E-state index contributed by atoms with van der Waals surface area (Å²) in [6.07, 6.45) is 0.713. The monoisotopic (exact) mass is 435 g/mol. The van der Waals surface area contributed by atoms with Crippen LogP contribution in [0, 0.1) is 18.6 Å². The predicted molar refractivity (Wildman–Crippen MR) is 111 cm³/mol. The lowest BCUT2D eigenvalue weighted by atomic mass is 10.3. The molecule has 30 heavy (non-hydrogen) atoms. The van der Waals surface area contributed by atoms with E-state index in [1.807, 2.05) is 6.92 Å². The number of aryl methyl sites for hydroxylation is 2. The summed E-state index contributed by atoms with van der Waals surface area (Å²) >= 11 is 1.10. The fourth-order valence-electron chi connectivity index (χ4n) is 3.43. The first-order chi connectivity index (χ1) is 14.4. The van der Waals surface area contributed by atoms with Gasteiger partial charge in [0.05, 0.1) is 17.9 Å². The van der Waals surface area contributed by atoms with Crippen LogP contribution < -0.4 is 4.90 Å². The first-order valence-electron chi connectivity index (χ1n) is 9.80. The molecular formula is C20H23F2N5O2S. The molecule has 1 aliphatic rings. The molecule has 1 fully saturated rings. The topological polar surface area (TPSA) is 63.5 Å². The average Bonchev–Trinajstić information content (AvgIpc) is 3.29. The quantitative estimate of drug-likeness (QED) is 0.596. The van der Waals surface area contributed by atoms with Gasteiger partial charge in [-0.3, -0.25) is 19.3 Å². The zero-order valence-electron chi connectivity index (χ0n) is 16.9. The molecule has 0 bridgehead atoms. The minimum Gasteiger partial charge on any atom is -0.379 e. The Bertz CT molecular complexity index is 1040. The molecule has 1 aliphatic heterocycles. The lowest BCUT2D eigenvalue weighted by molar-refractivity contribution is 0.0376. The number of amides is 1. The van der Waals surface area contributed by atoms with Gasteiger partial charge >= 0.3 is 0 Å². The Hall–Kier alpha value is -2.43. The first kappa shape index (κ1) is 20.8. The van der Waals surface area contributed by atoms with Crippen molar-refractivity contribution in [2.45, 2.75) is 13.3 Å². The van der Waals surface area contributed by atoms with E-state index in [0.717, 1.165) is 42.7 Å². The average molecular weight is 436 g/mol. The number of rotatable bonds is 6. The van der Waals surface area contributed by atoms with Crippen molar-refractivity contribution in [2.24, 2.45) is 7.05 Å². The first-order valence-corrected chi connectivity index (χ1v) is 10.6. The van der Waals surface area contributed by atoms with Gasteiger partial charge in [-0.15, -0.1) is 0 Å². The Morgan fingerprint density at radius 2 is 2.03 bits per heavy atom. The molecule has 0 saturated carbocycles. The number of carbonyl (C=O) groups excluding carboxylic acids is 1. The molecule has 1 aromatic carbocycles. The van der Waals surface area contributed by atoms with Crippen LogP contribution in [-0.2, 0) is 11.8 Å². The third kappa shape index (κ3) is 4.35. The van der Waals surface area contributed by atoms with Crippen LogP contribution in [0.4, 0.5) is 13.9 Å². The van der Waals surface area contributed by atoms with Gasteiger partial charge in [0, 0.05) is 45.0 Å². The number of morpholine rings is 1. The molecular weight excluding hydrogens is 412 g/mol. The van der Waals surface area contributed by atoms with Crippen LogP contribution in [0.1, 0.15) is 22.6 Å². The van der Waals surface area contributed by atoms with Crippen molar-refractivity contribution in [1.29, 1.82) is 0 Å². The van der Waals surface area contributed by atoms with E-state index in [-0.39, 0.29) is 11.4 Å². The van der Waals surface area contributed by atoms with E-state index >= 15 is 0 Å². The molecule has 4 rings (SSSR count). The van der Waals surface area contributed by atoms with Crippen LogP contribution in [0.15, 0.2) is 18.2 Å². The van der Waals surface area contributed by atoms with E-state index in [1.54, 1.807) is 17.8 Å². The van der Waals surface area contributed by atoms with E-state index in [1.165, 1.54) is 11.0 Å². The maximum Gasteiger partial charge on any atom is 0.280 e. The Kier molecular flexibility index (Phi) is 6.07. The Morgan fingerprint density at radius 1 is 1.27 bits per heavy atom. The second-order valence-corrected chi connectivity index (χ2v) is 8.30. The summed E-state index contributed by atoms with van der Waals surface area (Å²) in [5.41, 5.74) is 1.22. The van der Waals surface area contributed by atoms with Crippen LogP contribution in [0.5, 0.6) is 0 Å². The summed E-state index contributed by atoms with van der Waals surface area (Å²) in [6.45, 7) is 6.20. The lowest BCUT2D eigenvalue weighted by Crippen LogP contribution is -2.39. The highest BCUT2D eigenvalue weighted by Gasteiger charge is 2.25. The molecule has 1 amide bonds. The lowest BCUT2D eigenvalue weighted by Gasteiger charge is -2.27. The van der Waals surface area contributed by atoms with Gasteiger partial charge in [0.2, 0.25) is 0 Å². The van der Waals surface area contributed by atoms with Gasteiger partial charge in [-0.1, -0.05) is 11.3 Å². The molecule has 0 aliphatic carbocycles. The molecule has 160 valence electrons. The van der Waals surface area contributed by atoms with Gasteiger partial charge in [0.1, 0.15) is 11.3 Å². The van der Waals surface area contributed by atoms with E-state index in [0.29, 0.717) is 41.7 Å². The summed E-state index contributed by atoms with van der Waals surface area (Å²) in [5, 5.41) is 4.62. The zero-order chi connectivity index (χ0) is 21.3. The van der Waals surface area contributed by atoms with Crippen molar-refractivity contribution < 1.29 is 18.3 Å². The van der Waals surface area contributed by atoms with E-state index in [9.17, 15) is 13.6 Å². The molecule has 2 aromatic heterocycles. The predicted octanol–water partition coefficient (Wildman–Crippen LogP) is 2.99. The van der Waals surface area contributed by atoms with Crippen LogP contribution in [0.3, 0.4) is 0 Å². The van der Waals surface area contributed by atoms with Gasteiger partial charge in [0.15, 0.2) is 16.6 Å². The summed E-state index contributed by atoms with van der Waals surface area (Å²) in [5.74, 6) is -1.71. The van der Waals surface area contributed by atoms with Crippen molar-refractivity contribution in [1.82, 2.24) is 19.7 Å². The maximum atomic E-state index is 14.2. The molecule has 3 heterocycles.